The molecule has 3 rings (SSSR count). The van der Waals surface area contributed by atoms with Crippen LogP contribution >= 0.6 is 0 Å². The van der Waals surface area contributed by atoms with Gasteiger partial charge in [0.15, 0.2) is 5.96 Å². The fourth-order valence-electron chi connectivity index (χ4n) is 3.76. The zero-order valence-corrected chi connectivity index (χ0v) is 15.5. The third-order valence-electron chi connectivity index (χ3n) is 5.25. The highest BCUT2D eigenvalue weighted by Crippen LogP contribution is 2.21. The second-order valence-corrected chi connectivity index (χ2v) is 6.85. The summed E-state index contributed by atoms with van der Waals surface area (Å²) in [7, 11) is 1.86. The van der Waals surface area contributed by atoms with Crippen molar-refractivity contribution in [2.45, 2.75) is 44.3 Å². The number of nitrogens with zero attached hydrogens (tertiary/aromatic N) is 2. The monoisotopic (exact) mass is 345 g/mol. The van der Waals surface area contributed by atoms with Crippen molar-refractivity contribution in [3.63, 3.8) is 0 Å². The number of aliphatic imine (C=N–C) groups is 1. The summed E-state index contributed by atoms with van der Waals surface area (Å²) in [6.45, 7) is 6.48. The molecule has 1 N–H and O–H groups in total. The van der Waals surface area contributed by atoms with Crippen molar-refractivity contribution in [3.8, 4) is 0 Å². The Bertz CT molecular complexity index is 543. The van der Waals surface area contributed by atoms with Crippen molar-refractivity contribution in [1.82, 2.24) is 10.2 Å². The van der Waals surface area contributed by atoms with Gasteiger partial charge < -0.3 is 19.7 Å². The van der Waals surface area contributed by atoms with Gasteiger partial charge in [0.25, 0.3) is 0 Å². The van der Waals surface area contributed by atoms with E-state index in [0.29, 0.717) is 5.92 Å². The smallest absolute Gasteiger partial charge is 0.193 e. The summed E-state index contributed by atoms with van der Waals surface area (Å²) in [6, 6.07) is 10.7. The molecular formula is C20H31N3O2. The van der Waals surface area contributed by atoms with Gasteiger partial charge in [-0.15, -0.1) is 0 Å². The van der Waals surface area contributed by atoms with E-state index in [-0.39, 0.29) is 12.2 Å². The van der Waals surface area contributed by atoms with E-state index in [1.807, 2.05) is 7.05 Å². The predicted molar refractivity (Wildman–Crippen MR) is 101 cm³/mol. The molecule has 2 saturated heterocycles. The number of nitrogens with one attached hydrogen (secondary N) is 1. The Morgan fingerprint density at radius 2 is 2.04 bits per heavy atom. The van der Waals surface area contributed by atoms with Gasteiger partial charge in [-0.25, -0.2) is 0 Å². The first kappa shape index (κ1) is 18.2. The second kappa shape index (κ2) is 9.20. The summed E-state index contributed by atoms with van der Waals surface area (Å²) >= 11 is 0. The van der Waals surface area contributed by atoms with Crippen molar-refractivity contribution in [3.05, 3.63) is 35.9 Å². The first-order valence-corrected chi connectivity index (χ1v) is 9.55. The van der Waals surface area contributed by atoms with Crippen molar-refractivity contribution in [1.29, 1.82) is 0 Å². The van der Waals surface area contributed by atoms with Gasteiger partial charge in [0, 0.05) is 39.2 Å². The summed E-state index contributed by atoms with van der Waals surface area (Å²) < 4.78 is 11.8. The molecule has 3 atom stereocenters. The molecule has 0 amide bonds. The quantitative estimate of drug-likeness (QED) is 0.658. The summed E-state index contributed by atoms with van der Waals surface area (Å²) in [5.74, 6) is 1.47. The van der Waals surface area contributed by atoms with E-state index in [9.17, 15) is 0 Å². The van der Waals surface area contributed by atoms with Gasteiger partial charge in [0.2, 0.25) is 0 Å². The van der Waals surface area contributed by atoms with Crippen LogP contribution in [0.1, 0.15) is 37.7 Å². The largest absolute Gasteiger partial charge is 0.375 e. The highest BCUT2D eigenvalue weighted by Gasteiger charge is 2.32. The Labute approximate surface area is 151 Å². The first-order valence-electron chi connectivity index (χ1n) is 9.55. The minimum absolute atomic E-state index is 0.158. The normalized spacial score (nSPS) is 25.8. The molecule has 2 aliphatic heterocycles. The highest BCUT2D eigenvalue weighted by molar-refractivity contribution is 5.80. The Balaban J connectivity index is 1.56. The average molecular weight is 345 g/mol. The molecule has 1 aromatic rings. The molecule has 1 aromatic carbocycles. The maximum atomic E-state index is 5.95. The van der Waals surface area contributed by atoms with Gasteiger partial charge in [-0.2, -0.15) is 0 Å². The number of morpholine rings is 1. The van der Waals surface area contributed by atoms with Gasteiger partial charge in [-0.05, 0) is 24.8 Å². The average Bonchev–Trinajstić information content (AvgIpc) is 3.21. The maximum Gasteiger partial charge on any atom is 0.193 e. The summed E-state index contributed by atoms with van der Waals surface area (Å²) in [4.78, 5) is 6.82. The fourth-order valence-corrected chi connectivity index (χ4v) is 3.76. The molecule has 0 aromatic heterocycles. The third kappa shape index (κ3) is 4.73. The van der Waals surface area contributed by atoms with Crippen molar-refractivity contribution in [2.24, 2.45) is 4.99 Å². The van der Waals surface area contributed by atoms with Crippen LogP contribution in [0.2, 0.25) is 0 Å². The number of guanidine groups is 1. The predicted octanol–water partition coefficient (Wildman–Crippen LogP) is 2.64. The number of benzene rings is 1. The van der Waals surface area contributed by atoms with Crippen LogP contribution in [0.25, 0.3) is 0 Å². The van der Waals surface area contributed by atoms with Gasteiger partial charge >= 0.3 is 0 Å². The molecule has 3 unspecified atom stereocenters. The zero-order valence-electron chi connectivity index (χ0n) is 15.5. The Morgan fingerprint density at radius 3 is 2.72 bits per heavy atom. The Hall–Kier alpha value is -1.59. The molecule has 5 heteroatoms. The number of rotatable bonds is 5. The van der Waals surface area contributed by atoms with Crippen LogP contribution in [-0.2, 0) is 9.47 Å². The van der Waals surface area contributed by atoms with Crippen LogP contribution in [0.3, 0.4) is 0 Å². The van der Waals surface area contributed by atoms with Gasteiger partial charge in [-0.3, -0.25) is 4.99 Å². The topological polar surface area (TPSA) is 46.1 Å². The number of hydrogen-bond donors (Lipinski definition) is 1. The minimum atomic E-state index is 0.158. The van der Waals surface area contributed by atoms with E-state index in [2.05, 4.69) is 52.5 Å². The third-order valence-corrected chi connectivity index (χ3v) is 5.25. The molecule has 25 heavy (non-hydrogen) atoms. The number of ether oxygens (including phenoxy) is 2. The lowest BCUT2D eigenvalue weighted by molar-refractivity contribution is -0.0817. The second-order valence-electron chi connectivity index (χ2n) is 6.85. The van der Waals surface area contributed by atoms with Crippen molar-refractivity contribution in [2.75, 3.05) is 39.9 Å². The van der Waals surface area contributed by atoms with E-state index in [1.54, 1.807) is 0 Å². The van der Waals surface area contributed by atoms with E-state index in [4.69, 9.17) is 9.47 Å². The van der Waals surface area contributed by atoms with Crippen LogP contribution in [0.4, 0.5) is 0 Å². The van der Waals surface area contributed by atoms with Crippen molar-refractivity contribution >= 4 is 5.96 Å². The van der Waals surface area contributed by atoms with E-state index >= 15 is 0 Å². The van der Waals surface area contributed by atoms with Crippen LogP contribution in [-0.4, -0.2) is 63.0 Å². The zero-order chi connectivity index (χ0) is 17.5. The maximum absolute atomic E-state index is 5.95. The minimum Gasteiger partial charge on any atom is -0.375 e. The van der Waals surface area contributed by atoms with Crippen LogP contribution in [0, 0.1) is 0 Å². The molecule has 0 radical (unpaired) electrons. The molecule has 138 valence electrons. The molecule has 2 aliphatic rings. The molecule has 0 spiro atoms. The molecule has 2 heterocycles. The lowest BCUT2D eigenvalue weighted by Gasteiger charge is -2.37. The molecular weight excluding hydrogens is 314 g/mol. The van der Waals surface area contributed by atoms with Gasteiger partial charge in [0.1, 0.15) is 6.10 Å². The molecule has 0 bridgehead atoms. The first-order chi connectivity index (χ1) is 12.3. The van der Waals surface area contributed by atoms with Gasteiger partial charge in [-0.1, -0.05) is 37.3 Å². The lowest BCUT2D eigenvalue weighted by atomic mass is 9.96. The molecule has 0 saturated carbocycles. The number of hydrogen-bond acceptors (Lipinski definition) is 3. The van der Waals surface area contributed by atoms with Crippen LogP contribution in [0.5, 0.6) is 0 Å². The molecule has 5 nitrogen and oxygen atoms in total. The standard InChI is InChI=1S/C20H31N3O2/c1-3-16(17-8-5-4-6-9-17)14-22-20(21-2)23-11-13-25-19(15-23)18-10-7-12-24-18/h4-6,8-9,16,18-19H,3,7,10-15H2,1-2H3,(H,21,22). The van der Waals surface area contributed by atoms with Crippen LogP contribution < -0.4 is 5.32 Å². The fraction of sp³-hybridized carbons (Fsp3) is 0.650. The Morgan fingerprint density at radius 1 is 1.24 bits per heavy atom. The van der Waals surface area contributed by atoms with E-state index < -0.39 is 0 Å². The van der Waals surface area contributed by atoms with Gasteiger partial charge in [0.05, 0.1) is 12.7 Å². The van der Waals surface area contributed by atoms with E-state index in [0.717, 1.165) is 58.1 Å². The summed E-state index contributed by atoms with van der Waals surface area (Å²) in [6.07, 6.45) is 3.76. The Kier molecular flexibility index (Phi) is 6.70. The molecule has 2 fully saturated rings. The summed E-state index contributed by atoms with van der Waals surface area (Å²) in [5, 5.41) is 3.58. The van der Waals surface area contributed by atoms with Crippen molar-refractivity contribution < 1.29 is 9.47 Å². The summed E-state index contributed by atoms with van der Waals surface area (Å²) in [5.41, 5.74) is 1.38. The SMILES string of the molecule is CCC(CNC(=NC)N1CCOC(C2CCCO2)C1)c1ccccc1. The molecule has 0 aliphatic carbocycles. The van der Waals surface area contributed by atoms with E-state index in [1.165, 1.54) is 5.56 Å². The van der Waals surface area contributed by atoms with Crippen LogP contribution in [0.15, 0.2) is 35.3 Å². The lowest BCUT2D eigenvalue weighted by Crippen LogP contribution is -2.53. The highest BCUT2D eigenvalue weighted by atomic mass is 16.5.